The van der Waals surface area contributed by atoms with E-state index in [9.17, 15) is 4.79 Å². The summed E-state index contributed by atoms with van der Waals surface area (Å²) in [5.74, 6) is 1.35. The Morgan fingerprint density at radius 1 is 1.35 bits per heavy atom. The minimum atomic E-state index is -0.102. The van der Waals surface area contributed by atoms with E-state index in [1.807, 2.05) is 41.8 Å². The van der Waals surface area contributed by atoms with E-state index in [-0.39, 0.29) is 5.91 Å². The Labute approximate surface area is 152 Å². The summed E-state index contributed by atoms with van der Waals surface area (Å²) in [4.78, 5) is 19.3. The van der Waals surface area contributed by atoms with Gasteiger partial charge in [-0.05, 0) is 56.0 Å². The number of amides is 1. The Bertz CT molecular complexity index is 884. The number of likely N-dealkylation sites (tertiary alicyclic amines) is 1. The average molecular weight is 352 g/mol. The van der Waals surface area contributed by atoms with Crippen LogP contribution in [0.25, 0.3) is 5.65 Å². The van der Waals surface area contributed by atoms with E-state index in [2.05, 4.69) is 15.2 Å². The molecule has 4 rings (SSSR count). The van der Waals surface area contributed by atoms with Crippen molar-refractivity contribution in [2.75, 3.05) is 19.6 Å². The molecule has 6 nitrogen and oxygen atoms in total. The van der Waals surface area contributed by atoms with Crippen LogP contribution in [-0.2, 0) is 6.54 Å². The van der Waals surface area contributed by atoms with Crippen LogP contribution >= 0.6 is 0 Å². The van der Waals surface area contributed by atoms with Gasteiger partial charge in [0.15, 0.2) is 0 Å². The summed E-state index contributed by atoms with van der Waals surface area (Å²) in [5.41, 5.74) is 2.41. The van der Waals surface area contributed by atoms with E-state index in [0.29, 0.717) is 18.2 Å². The summed E-state index contributed by atoms with van der Waals surface area (Å²) >= 11 is 0. The summed E-state index contributed by atoms with van der Waals surface area (Å²) in [6, 6.07) is 7.86. The number of nitrogens with one attached hydrogen (secondary N) is 1. The summed E-state index contributed by atoms with van der Waals surface area (Å²) < 4.78 is 7.34. The number of pyridine rings is 1. The van der Waals surface area contributed by atoms with E-state index in [1.165, 1.54) is 0 Å². The molecule has 1 aliphatic heterocycles. The van der Waals surface area contributed by atoms with Crippen molar-refractivity contribution in [3.05, 3.63) is 59.9 Å². The van der Waals surface area contributed by atoms with Crippen LogP contribution in [0.5, 0.6) is 0 Å². The fourth-order valence-corrected chi connectivity index (χ4v) is 3.62. The van der Waals surface area contributed by atoms with Crippen LogP contribution < -0.4 is 5.32 Å². The smallest absolute Gasteiger partial charge is 0.271 e. The van der Waals surface area contributed by atoms with Gasteiger partial charge in [-0.15, -0.1) is 0 Å². The number of carbonyl (C=O) groups is 1. The Morgan fingerprint density at radius 2 is 2.27 bits per heavy atom. The number of aromatic nitrogens is 2. The molecule has 0 saturated carbocycles. The number of hydrogen-bond acceptors (Lipinski definition) is 4. The lowest BCUT2D eigenvalue weighted by atomic mass is 9.98. The number of fused-ring (bicyclic) bond motifs is 1. The maximum absolute atomic E-state index is 12.5. The van der Waals surface area contributed by atoms with Crippen LogP contribution in [0.2, 0.25) is 0 Å². The quantitative estimate of drug-likeness (QED) is 0.767. The van der Waals surface area contributed by atoms with Crippen LogP contribution in [0.15, 0.2) is 47.3 Å². The Hall–Kier alpha value is -2.60. The van der Waals surface area contributed by atoms with Gasteiger partial charge in [-0.25, -0.2) is 4.98 Å². The number of nitrogens with zero attached hydrogens (tertiary/aromatic N) is 3. The van der Waals surface area contributed by atoms with E-state index in [4.69, 9.17) is 4.42 Å². The zero-order valence-electron chi connectivity index (χ0n) is 15.0. The average Bonchev–Trinajstić information content (AvgIpc) is 3.29. The van der Waals surface area contributed by atoms with Gasteiger partial charge in [0.2, 0.25) is 0 Å². The third-order valence-electron chi connectivity index (χ3n) is 4.95. The zero-order valence-corrected chi connectivity index (χ0v) is 15.0. The predicted octanol–water partition coefficient (Wildman–Crippen LogP) is 2.88. The predicted molar refractivity (Wildman–Crippen MR) is 99.0 cm³/mol. The zero-order chi connectivity index (χ0) is 17.9. The van der Waals surface area contributed by atoms with Crippen molar-refractivity contribution in [2.24, 2.45) is 5.92 Å². The molecular weight excluding hydrogens is 328 g/mol. The molecule has 0 unspecified atom stereocenters. The van der Waals surface area contributed by atoms with Crippen LogP contribution in [0, 0.1) is 12.8 Å². The molecule has 26 heavy (non-hydrogen) atoms. The molecule has 1 atom stereocenters. The largest absolute Gasteiger partial charge is 0.468 e. The number of carbonyl (C=O) groups excluding carboxylic acids is 1. The van der Waals surface area contributed by atoms with Crippen molar-refractivity contribution >= 4 is 11.6 Å². The molecule has 4 heterocycles. The van der Waals surface area contributed by atoms with E-state index in [1.54, 1.807) is 12.5 Å². The Morgan fingerprint density at radius 3 is 3.12 bits per heavy atom. The van der Waals surface area contributed by atoms with Crippen molar-refractivity contribution in [3.63, 3.8) is 0 Å². The fourth-order valence-electron chi connectivity index (χ4n) is 3.62. The van der Waals surface area contributed by atoms with E-state index >= 15 is 0 Å². The van der Waals surface area contributed by atoms with E-state index < -0.39 is 0 Å². The molecule has 0 spiro atoms. The standard InChI is InChI=1S/C20H24N4O2/c1-15-6-7-19-22-18(14-24(19)11-15)20(25)21-10-16-4-2-8-23(12-16)13-17-5-3-9-26-17/h3,5-7,9,11,14,16H,2,4,8,10,12-13H2,1H3,(H,21,25)/t16-/m0/s1. The van der Waals surface area contributed by atoms with Gasteiger partial charge in [0.25, 0.3) is 5.91 Å². The fraction of sp³-hybridized carbons (Fsp3) is 0.400. The van der Waals surface area contributed by atoms with Crippen molar-refractivity contribution in [3.8, 4) is 0 Å². The highest BCUT2D eigenvalue weighted by Gasteiger charge is 2.21. The van der Waals surface area contributed by atoms with Gasteiger partial charge in [-0.3, -0.25) is 9.69 Å². The van der Waals surface area contributed by atoms with Crippen LogP contribution in [0.1, 0.15) is 34.7 Å². The van der Waals surface area contributed by atoms with Gasteiger partial charge in [0.05, 0.1) is 12.8 Å². The van der Waals surface area contributed by atoms with Gasteiger partial charge < -0.3 is 14.1 Å². The maximum atomic E-state index is 12.5. The first-order chi connectivity index (χ1) is 12.7. The van der Waals surface area contributed by atoms with Crippen molar-refractivity contribution < 1.29 is 9.21 Å². The minimum Gasteiger partial charge on any atom is -0.468 e. The molecule has 1 amide bonds. The first-order valence-electron chi connectivity index (χ1n) is 9.16. The van der Waals surface area contributed by atoms with Gasteiger partial charge in [0, 0.05) is 25.5 Å². The van der Waals surface area contributed by atoms with Gasteiger partial charge in [0.1, 0.15) is 17.1 Å². The highest BCUT2D eigenvalue weighted by molar-refractivity contribution is 5.92. The first kappa shape index (κ1) is 16.8. The number of piperidine rings is 1. The van der Waals surface area contributed by atoms with Crippen molar-refractivity contribution in [1.29, 1.82) is 0 Å². The maximum Gasteiger partial charge on any atom is 0.271 e. The molecule has 0 radical (unpaired) electrons. The molecule has 1 saturated heterocycles. The number of aryl methyl sites for hydroxylation is 1. The van der Waals surface area contributed by atoms with Crippen LogP contribution in [0.3, 0.4) is 0 Å². The van der Waals surface area contributed by atoms with Crippen molar-refractivity contribution in [2.45, 2.75) is 26.3 Å². The van der Waals surface area contributed by atoms with Crippen LogP contribution in [0.4, 0.5) is 0 Å². The monoisotopic (exact) mass is 352 g/mol. The van der Waals surface area contributed by atoms with Crippen molar-refractivity contribution in [1.82, 2.24) is 19.6 Å². The van der Waals surface area contributed by atoms with Crippen LogP contribution in [-0.4, -0.2) is 39.8 Å². The number of furan rings is 1. The third kappa shape index (κ3) is 3.80. The first-order valence-corrected chi connectivity index (χ1v) is 9.16. The van der Waals surface area contributed by atoms with Gasteiger partial charge >= 0.3 is 0 Å². The van der Waals surface area contributed by atoms with Gasteiger partial charge in [-0.1, -0.05) is 6.07 Å². The molecule has 6 heteroatoms. The Kier molecular flexibility index (Phi) is 4.75. The highest BCUT2D eigenvalue weighted by Crippen LogP contribution is 2.18. The highest BCUT2D eigenvalue weighted by atomic mass is 16.3. The molecule has 0 aromatic carbocycles. The molecule has 1 fully saturated rings. The SMILES string of the molecule is Cc1ccc2nc(C(=O)NC[C@@H]3CCCN(Cc4ccco4)C3)cn2c1. The molecular formula is C20H24N4O2. The van der Waals surface area contributed by atoms with Gasteiger partial charge in [-0.2, -0.15) is 0 Å². The molecule has 1 aliphatic rings. The summed E-state index contributed by atoms with van der Waals surface area (Å²) in [7, 11) is 0. The summed E-state index contributed by atoms with van der Waals surface area (Å²) in [6.07, 6.45) is 7.77. The number of imidazole rings is 1. The number of rotatable bonds is 5. The second kappa shape index (κ2) is 7.33. The van der Waals surface area contributed by atoms with E-state index in [0.717, 1.165) is 49.4 Å². The lowest BCUT2D eigenvalue weighted by Crippen LogP contribution is -2.40. The molecule has 0 aliphatic carbocycles. The Balaban J connectivity index is 1.33. The number of hydrogen-bond donors (Lipinski definition) is 1. The third-order valence-corrected chi connectivity index (χ3v) is 4.95. The lowest BCUT2D eigenvalue weighted by Gasteiger charge is -2.32. The molecule has 0 bridgehead atoms. The minimum absolute atomic E-state index is 0.102. The molecule has 1 N–H and O–H groups in total. The normalized spacial score (nSPS) is 18.3. The molecule has 136 valence electrons. The lowest BCUT2D eigenvalue weighted by molar-refractivity contribution is 0.0924. The topological polar surface area (TPSA) is 62.8 Å². The summed E-state index contributed by atoms with van der Waals surface area (Å²) in [5, 5.41) is 3.06. The second-order valence-corrected chi connectivity index (χ2v) is 7.13. The summed E-state index contributed by atoms with van der Waals surface area (Å²) in [6.45, 7) is 5.60. The molecule has 3 aromatic rings. The molecule has 3 aromatic heterocycles. The second-order valence-electron chi connectivity index (χ2n) is 7.13.